The van der Waals surface area contributed by atoms with Gasteiger partial charge < -0.3 is 28.8 Å². The smallest absolute Gasteiger partial charge is 0.268 e. The van der Waals surface area contributed by atoms with Crippen molar-refractivity contribution in [1.82, 2.24) is 5.32 Å². The molecule has 0 spiro atoms. The number of nitrogens with one attached hydrogen (secondary N) is 1. The molecule has 8 nitrogen and oxygen atoms in total. The third-order valence-electron chi connectivity index (χ3n) is 15.6. The van der Waals surface area contributed by atoms with Crippen molar-refractivity contribution >= 4 is 13.7 Å². The van der Waals surface area contributed by atoms with Gasteiger partial charge in [0.25, 0.3) is 7.82 Å². The van der Waals surface area contributed by atoms with Crippen LogP contribution < -0.4 is 10.2 Å². The third-order valence-corrected chi connectivity index (χ3v) is 16.5. The molecule has 0 fully saturated rings. The molecule has 0 saturated carbocycles. The third kappa shape index (κ3) is 62.1. The zero-order valence-electron chi connectivity index (χ0n) is 52.6. The second-order valence-corrected chi connectivity index (χ2v) is 25.9. The number of amides is 1. The summed E-state index contributed by atoms with van der Waals surface area (Å²) in [5.41, 5.74) is 0. The minimum absolute atomic E-state index is 0.0107. The fourth-order valence-corrected chi connectivity index (χ4v) is 11.1. The molecule has 2 N–H and O–H groups in total. The molecule has 0 aliphatic rings. The molecule has 0 bridgehead atoms. The van der Waals surface area contributed by atoms with Crippen molar-refractivity contribution in [1.29, 1.82) is 0 Å². The van der Waals surface area contributed by atoms with Crippen molar-refractivity contribution in [2.75, 3.05) is 40.9 Å². The molecule has 3 atom stereocenters. The number of quaternary nitrogens is 1. The second-order valence-electron chi connectivity index (χ2n) is 24.5. The van der Waals surface area contributed by atoms with E-state index in [4.69, 9.17) is 9.05 Å². The maximum Gasteiger partial charge on any atom is 0.268 e. The number of aliphatic hydroxyl groups excluding tert-OH is 1. The summed E-state index contributed by atoms with van der Waals surface area (Å²) in [4.78, 5) is 25.6. The number of likely N-dealkylation sites (N-methyl/N-ethyl adjacent to an activating group) is 1. The Morgan fingerprint density at radius 3 is 1.14 bits per heavy atom. The minimum atomic E-state index is -4.58. The van der Waals surface area contributed by atoms with Gasteiger partial charge in [-0.1, -0.05) is 326 Å². The Morgan fingerprint density at radius 1 is 0.462 bits per heavy atom. The lowest BCUT2D eigenvalue weighted by Gasteiger charge is -2.30. The number of allylic oxidation sites excluding steroid dienone is 8. The van der Waals surface area contributed by atoms with Crippen molar-refractivity contribution in [3.8, 4) is 0 Å². The van der Waals surface area contributed by atoms with Gasteiger partial charge in [-0.05, 0) is 51.4 Å². The fourth-order valence-electron chi connectivity index (χ4n) is 10.3. The van der Waals surface area contributed by atoms with Gasteiger partial charge in [0.1, 0.15) is 13.2 Å². The van der Waals surface area contributed by atoms with Crippen LogP contribution in [0.5, 0.6) is 0 Å². The molecule has 460 valence electrons. The lowest BCUT2D eigenvalue weighted by molar-refractivity contribution is -0.870. The van der Waals surface area contributed by atoms with Crippen LogP contribution in [0.2, 0.25) is 0 Å². The predicted molar refractivity (Wildman–Crippen MR) is 339 cm³/mol. The van der Waals surface area contributed by atoms with E-state index in [1.807, 2.05) is 21.1 Å². The molecule has 0 saturated heterocycles. The number of carbonyl (C=O) groups is 1. The molecule has 0 rings (SSSR count). The predicted octanol–water partition coefficient (Wildman–Crippen LogP) is 20.8. The first-order valence-corrected chi connectivity index (χ1v) is 35.4. The highest BCUT2D eigenvalue weighted by atomic mass is 31.2. The number of carbonyl (C=O) groups excluding carboxylic acids is 1. The summed E-state index contributed by atoms with van der Waals surface area (Å²) in [6, 6.07) is -0.806. The van der Waals surface area contributed by atoms with E-state index in [9.17, 15) is 19.4 Å². The largest absolute Gasteiger partial charge is 0.756 e. The first-order valence-electron chi connectivity index (χ1n) is 34.0. The number of unbranched alkanes of at least 4 members (excludes halogenated alkanes) is 42. The molecular weight excluding hydrogens is 984 g/mol. The van der Waals surface area contributed by atoms with Gasteiger partial charge in [0.2, 0.25) is 5.91 Å². The summed E-state index contributed by atoms with van der Waals surface area (Å²) in [6.07, 6.45) is 80.4. The van der Waals surface area contributed by atoms with Gasteiger partial charge in [-0.25, -0.2) is 0 Å². The summed E-state index contributed by atoms with van der Waals surface area (Å²) in [6.45, 7) is 4.65. The Labute approximate surface area is 486 Å². The first-order chi connectivity index (χ1) is 38.0. The van der Waals surface area contributed by atoms with E-state index in [1.54, 1.807) is 0 Å². The van der Waals surface area contributed by atoms with E-state index >= 15 is 0 Å². The normalized spacial score (nSPS) is 14.0. The quantitative estimate of drug-likeness (QED) is 0.0272. The SMILES string of the molecule is CC/C=C\C/C=C\C/C=C\C/C=C\CCCCCCCCCCCCC(=O)NC(COP(=O)([O-])OCC[N+](C)(C)C)C(O)CCCCCCCCCCCCCCCCCCCCCCCCCCCCCCCCCCC. The lowest BCUT2D eigenvalue weighted by Crippen LogP contribution is -2.46. The highest BCUT2D eigenvalue weighted by molar-refractivity contribution is 7.45. The van der Waals surface area contributed by atoms with E-state index in [-0.39, 0.29) is 19.1 Å². The summed E-state index contributed by atoms with van der Waals surface area (Å²) in [7, 11) is 1.31. The van der Waals surface area contributed by atoms with Crippen molar-refractivity contribution in [2.24, 2.45) is 0 Å². The standard InChI is InChI=1S/C69H133N2O6P/c1-6-8-10-12-14-16-18-20-22-24-26-28-30-31-32-33-34-35-36-37-38-39-41-42-44-46-48-50-52-54-56-58-60-62-68(72)67(66-77-78(74,75)76-65-64-71(3,4)5)70-69(73)63-61-59-57-55-53-51-49-47-45-43-40-29-27-25-23-21-19-17-15-13-11-9-7-2/h9,11,15,17,21,23,27,29,67-68,72H,6-8,10,12-14,16,18-20,22,24-26,28,30-66H2,1-5H3,(H-,70,73,74,75)/b11-9-,17-15-,23-21-,29-27-. The Kier molecular flexibility index (Phi) is 58.9. The molecule has 3 unspecified atom stereocenters. The number of aliphatic hydroxyl groups is 1. The number of phosphoric ester groups is 1. The Balaban J connectivity index is 4.01. The molecule has 0 aromatic heterocycles. The van der Waals surface area contributed by atoms with Crippen LogP contribution in [0.25, 0.3) is 0 Å². The highest BCUT2D eigenvalue weighted by Crippen LogP contribution is 2.38. The van der Waals surface area contributed by atoms with Gasteiger partial charge in [0, 0.05) is 6.42 Å². The number of hydrogen-bond acceptors (Lipinski definition) is 6. The van der Waals surface area contributed by atoms with Crippen LogP contribution in [0.1, 0.15) is 335 Å². The average Bonchev–Trinajstić information content (AvgIpc) is 3.41. The summed E-state index contributed by atoms with van der Waals surface area (Å²) in [5, 5.41) is 14.1. The van der Waals surface area contributed by atoms with Crippen LogP contribution in [0.15, 0.2) is 48.6 Å². The Bertz CT molecular complexity index is 1410. The first kappa shape index (κ1) is 76.5. The van der Waals surface area contributed by atoms with Gasteiger partial charge >= 0.3 is 0 Å². The molecule has 0 heterocycles. The van der Waals surface area contributed by atoms with Crippen LogP contribution in [0.4, 0.5) is 0 Å². The van der Waals surface area contributed by atoms with E-state index in [0.717, 1.165) is 64.2 Å². The zero-order chi connectivity index (χ0) is 57.0. The second kappa shape index (κ2) is 60.1. The van der Waals surface area contributed by atoms with Crippen LogP contribution in [-0.2, 0) is 18.4 Å². The molecule has 0 aliphatic heterocycles. The zero-order valence-corrected chi connectivity index (χ0v) is 53.5. The maximum atomic E-state index is 13.0. The molecule has 1 amide bonds. The summed E-state index contributed by atoms with van der Waals surface area (Å²) in [5.74, 6) is -0.166. The number of nitrogens with zero attached hydrogens (tertiary/aromatic N) is 1. The lowest BCUT2D eigenvalue weighted by atomic mass is 10.0. The van der Waals surface area contributed by atoms with Gasteiger partial charge in [0.05, 0.1) is 39.9 Å². The number of rotatable bonds is 63. The van der Waals surface area contributed by atoms with Gasteiger partial charge in [-0.2, -0.15) is 0 Å². The average molecular weight is 1120 g/mol. The Hall–Kier alpha value is -1.54. The molecule has 0 aliphatic carbocycles. The molecular formula is C69H133N2O6P. The molecule has 78 heavy (non-hydrogen) atoms. The number of hydrogen-bond donors (Lipinski definition) is 2. The van der Waals surface area contributed by atoms with Crippen molar-refractivity contribution in [3.05, 3.63) is 48.6 Å². The van der Waals surface area contributed by atoms with E-state index in [1.165, 1.54) is 244 Å². The van der Waals surface area contributed by atoms with Crippen LogP contribution >= 0.6 is 7.82 Å². The van der Waals surface area contributed by atoms with Gasteiger partial charge in [-0.15, -0.1) is 0 Å². The van der Waals surface area contributed by atoms with Gasteiger partial charge in [0.15, 0.2) is 0 Å². The minimum Gasteiger partial charge on any atom is -0.756 e. The van der Waals surface area contributed by atoms with Crippen LogP contribution in [0.3, 0.4) is 0 Å². The van der Waals surface area contributed by atoms with E-state index in [2.05, 4.69) is 67.8 Å². The van der Waals surface area contributed by atoms with Crippen molar-refractivity contribution < 1.29 is 32.9 Å². The monoisotopic (exact) mass is 1120 g/mol. The summed E-state index contributed by atoms with van der Waals surface area (Å²) < 4.78 is 23.5. The van der Waals surface area contributed by atoms with Crippen molar-refractivity contribution in [3.63, 3.8) is 0 Å². The maximum absolute atomic E-state index is 13.0. The van der Waals surface area contributed by atoms with Crippen LogP contribution in [0, 0.1) is 0 Å². The molecule has 0 aromatic carbocycles. The highest BCUT2D eigenvalue weighted by Gasteiger charge is 2.24. The van der Waals surface area contributed by atoms with E-state index in [0.29, 0.717) is 23.9 Å². The van der Waals surface area contributed by atoms with E-state index < -0.39 is 20.0 Å². The number of phosphoric acid groups is 1. The topological polar surface area (TPSA) is 108 Å². The van der Waals surface area contributed by atoms with Crippen LogP contribution in [-0.4, -0.2) is 68.5 Å². The molecule has 0 radical (unpaired) electrons. The fraction of sp³-hybridized carbons (Fsp3) is 0.870. The molecule has 0 aromatic rings. The summed E-state index contributed by atoms with van der Waals surface area (Å²) >= 11 is 0. The molecule has 9 heteroatoms. The van der Waals surface area contributed by atoms with Crippen molar-refractivity contribution in [2.45, 2.75) is 347 Å². The Morgan fingerprint density at radius 2 is 0.782 bits per heavy atom. The van der Waals surface area contributed by atoms with Gasteiger partial charge in [-0.3, -0.25) is 9.36 Å².